The Morgan fingerprint density at radius 2 is 1.97 bits per heavy atom. The second-order valence-corrected chi connectivity index (χ2v) is 10.4. The van der Waals surface area contributed by atoms with Crippen LogP contribution in [0.2, 0.25) is 5.02 Å². The number of nitrogens with zero attached hydrogens (tertiary/aromatic N) is 3. The van der Waals surface area contributed by atoms with E-state index in [9.17, 15) is 9.59 Å². The van der Waals surface area contributed by atoms with Crippen molar-refractivity contribution in [3.63, 3.8) is 0 Å². The lowest BCUT2D eigenvalue weighted by molar-refractivity contribution is 0.0602. The maximum absolute atomic E-state index is 13.3. The van der Waals surface area contributed by atoms with Gasteiger partial charge < -0.3 is 10.1 Å². The van der Waals surface area contributed by atoms with Crippen LogP contribution in [-0.4, -0.2) is 33.8 Å². The molecular weight excluding hydrogens is 564 g/mol. The zero-order chi connectivity index (χ0) is 25.8. The number of anilines is 1. The third kappa shape index (κ3) is 5.53. The van der Waals surface area contributed by atoms with Crippen molar-refractivity contribution in [2.45, 2.75) is 32.6 Å². The molecule has 0 radical (unpaired) electrons. The smallest absolute Gasteiger partial charge is 0.340 e. The predicted molar refractivity (Wildman–Crippen MR) is 146 cm³/mol. The molecule has 1 atom stereocenters. The van der Waals surface area contributed by atoms with E-state index < -0.39 is 11.9 Å². The summed E-state index contributed by atoms with van der Waals surface area (Å²) in [5.74, 6) is -0.659. The Morgan fingerprint density at radius 1 is 1.22 bits per heavy atom. The number of benzene rings is 1. The number of ether oxygens (including phenoxy) is 1. The van der Waals surface area contributed by atoms with Crippen molar-refractivity contribution < 1.29 is 14.3 Å². The Labute approximate surface area is 226 Å². The van der Waals surface area contributed by atoms with Crippen molar-refractivity contribution in [3.05, 3.63) is 91.6 Å². The molecule has 4 aromatic rings. The van der Waals surface area contributed by atoms with Gasteiger partial charge in [0.1, 0.15) is 15.3 Å². The minimum Gasteiger partial charge on any atom is -0.465 e. The first-order valence-corrected chi connectivity index (χ1v) is 13.3. The fourth-order valence-electron chi connectivity index (χ4n) is 3.78. The van der Waals surface area contributed by atoms with Gasteiger partial charge in [-0.2, -0.15) is 5.10 Å². The molecule has 0 fully saturated rings. The van der Waals surface area contributed by atoms with Crippen LogP contribution >= 0.6 is 38.9 Å². The minimum atomic E-state index is -0.527. The summed E-state index contributed by atoms with van der Waals surface area (Å²) in [4.78, 5) is 31.1. The monoisotopic (exact) mass is 586 g/mol. The number of pyridine rings is 1. The Bertz CT molecular complexity index is 1400. The van der Waals surface area contributed by atoms with Crippen LogP contribution in [0.15, 0.2) is 59.3 Å². The van der Waals surface area contributed by atoms with Gasteiger partial charge in [0.15, 0.2) is 5.82 Å². The van der Waals surface area contributed by atoms with Crippen molar-refractivity contribution >= 4 is 55.7 Å². The number of carbonyl (C=O) groups is 2. The van der Waals surface area contributed by atoms with E-state index in [-0.39, 0.29) is 11.6 Å². The Balaban J connectivity index is 1.66. The number of methoxy groups -OCH3 is 1. The maximum atomic E-state index is 13.3. The SMILES string of the molecule is CCCc1ccc(C(C)c2cc(C(=O)OC)c(NC(=O)c3cc(Br)nn3-c3ncccc3Cl)s2)cc1. The normalized spacial score (nSPS) is 11.8. The molecule has 186 valence electrons. The van der Waals surface area contributed by atoms with Gasteiger partial charge in [-0.3, -0.25) is 4.79 Å². The van der Waals surface area contributed by atoms with Crippen molar-refractivity contribution in [2.24, 2.45) is 0 Å². The molecular formula is C26H24BrClN4O3S. The topological polar surface area (TPSA) is 86.1 Å². The van der Waals surface area contributed by atoms with E-state index in [1.165, 1.54) is 28.7 Å². The maximum Gasteiger partial charge on any atom is 0.340 e. The van der Waals surface area contributed by atoms with Crippen molar-refractivity contribution in [3.8, 4) is 5.82 Å². The summed E-state index contributed by atoms with van der Waals surface area (Å²) in [6, 6.07) is 15.2. The first-order valence-electron chi connectivity index (χ1n) is 11.3. The number of halogens is 2. The highest BCUT2D eigenvalue weighted by atomic mass is 79.9. The summed E-state index contributed by atoms with van der Waals surface area (Å²) in [5, 5.41) is 7.91. The van der Waals surface area contributed by atoms with Gasteiger partial charge in [-0.05, 0) is 51.7 Å². The number of hydrogen-bond donors (Lipinski definition) is 1. The molecule has 1 amide bonds. The predicted octanol–water partition coefficient (Wildman–Crippen LogP) is 6.89. The Kier molecular flexibility index (Phi) is 8.23. The number of esters is 1. The van der Waals surface area contributed by atoms with Gasteiger partial charge in [0, 0.05) is 23.1 Å². The van der Waals surface area contributed by atoms with Gasteiger partial charge in [-0.25, -0.2) is 14.5 Å². The van der Waals surface area contributed by atoms with Crippen LogP contribution in [0.1, 0.15) is 63.0 Å². The minimum absolute atomic E-state index is 0.0201. The van der Waals surface area contributed by atoms with E-state index in [1.807, 2.05) is 0 Å². The summed E-state index contributed by atoms with van der Waals surface area (Å²) < 4.78 is 6.78. The van der Waals surface area contributed by atoms with Crippen LogP contribution in [0, 0.1) is 0 Å². The van der Waals surface area contributed by atoms with Crippen molar-refractivity contribution in [1.82, 2.24) is 14.8 Å². The molecule has 0 aliphatic rings. The third-order valence-electron chi connectivity index (χ3n) is 5.68. The number of rotatable bonds is 8. The van der Waals surface area contributed by atoms with Crippen molar-refractivity contribution in [2.75, 3.05) is 12.4 Å². The molecule has 10 heteroatoms. The van der Waals surface area contributed by atoms with Crippen LogP contribution in [-0.2, 0) is 11.2 Å². The number of nitrogens with one attached hydrogen (secondary N) is 1. The molecule has 7 nitrogen and oxygen atoms in total. The van der Waals surface area contributed by atoms with Crippen molar-refractivity contribution in [1.29, 1.82) is 0 Å². The molecule has 1 N–H and O–H groups in total. The first-order chi connectivity index (χ1) is 17.3. The van der Waals surface area contributed by atoms with Crippen LogP contribution in [0.3, 0.4) is 0 Å². The number of aromatic nitrogens is 3. The third-order valence-corrected chi connectivity index (χ3v) is 7.60. The van der Waals surface area contributed by atoms with Gasteiger partial charge >= 0.3 is 5.97 Å². The van der Waals surface area contributed by atoms with Gasteiger partial charge in [-0.15, -0.1) is 11.3 Å². The molecule has 0 aliphatic carbocycles. The average molecular weight is 588 g/mol. The van der Waals surface area contributed by atoms with Gasteiger partial charge in [0.05, 0.1) is 17.7 Å². The van der Waals surface area contributed by atoms with E-state index in [4.69, 9.17) is 16.3 Å². The number of carbonyl (C=O) groups excluding carboxylic acids is 2. The molecule has 3 heterocycles. The molecule has 0 saturated heterocycles. The highest BCUT2D eigenvalue weighted by molar-refractivity contribution is 9.10. The molecule has 1 unspecified atom stereocenters. The molecule has 4 rings (SSSR count). The van der Waals surface area contributed by atoms with Crippen LogP contribution in [0.25, 0.3) is 5.82 Å². The lowest BCUT2D eigenvalue weighted by Gasteiger charge is -2.11. The highest BCUT2D eigenvalue weighted by Gasteiger charge is 2.25. The lowest BCUT2D eigenvalue weighted by atomic mass is 9.97. The van der Waals surface area contributed by atoms with Gasteiger partial charge in [0.25, 0.3) is 5.91 Å². The molecule has 0 spiro atoms. The Morgan fingerprint density at radius 3 is 2.64 bits per heavy atom. The fourth-order valence-corrected chi connectivity index (χ4v) is 5.48. The molecule has 3 aromatic heterocycles. The highest BCUT2D eigenvalue weighted by Crippen LogP contribution is 2.37. The van der Waals surface area contributed by atoms with Crippen LogP contribution in [0.5, 0.6) is 0 Å². The second-order valence-electron chi connectivity index (χ2n) is 8.12. The number of amides is 1. The summed E-state index contributed by atoms with van der Waals surface area (Å²) in [7, 11) is 1.32. The largest absolute Gasteiger partial charge is 0.465 e. The summed E-state index contributed by atoms with van der Waals surface area (Å²) >= 11 is 10.9. The molecule has 36 heavy (non-hydrogen) atoms. The van der Waals surface area contributed by atoms with E-state index in [0.29, 0.717) is 26.0 Å². The number of thiophene rings is 1. The average Bonchev–Trinajstić information content (AvgIpc) is 3.47. The summed E-state index contributed by atoms with van der Waals surface area (Å²) in [6.45, 7) is 4.23. The van der Waals surface area contributed by atoms with Crippen LogP contribution < -0.4 is 5.32 Å². The number of aryl methyl sites for hydroxylation is 1. The van der Waals surface area contributed by atoms with Gasteiger partial charge in [-0.1, -0.05) is 56.1 Å². The molecule has 1 aromatic carbocycles. The second kappa shape index (κ2) is 11.4. The van der Waals surface area contributed by atoms with E-state index in [1.54, 1.807) is 30.5 Å². The Hall–Kier alpha value is -3.01. The molecule has 0 aliphatic heterocycles. The zero-order valence-electron chi connectivity index (χ0n) is 19.9. The molecule has 0 bridgehead atoms. The van der Waals surface area contributed by atoms with E-state index >= 15 is 0 Å². The summed E-state index contributed by atoms with van der Waals surface area (Å²) in [5.41, 5.74) is 2.91. The lowest BCUT2D eigenvalue weighted by Crippen LogP contribution is -2.18. The molecule has 0 saturated carbocycles. The number of hydrogen-bond acceptors (Lipinski definition) is 6. The van der Waals surface area contributed by atoms with E-state index in [2.05, 4.69) is 69.4 Å². The zero-order valence-corrected chi connectivity index (χ0v) is 23.1. The van der Waals surface area contributed by atoms with E-state index in [0.717, 1.165) is 23.3 Å². The van der Waals surface area contributed by atoms with Gasteiger partial charge in [0.2, 0.25) is 0 Å². The summed E-state index contributed by atoms with van der Waals surface area (Å²) in [6.07, 6.45) is 3.69. The first kappa shape index (κ1) is 26.1. The quantitative estimate of drug-likeness (QED) is 0.227. The standard InChI is InChI=1S/C26H24BrClN4O3S/c1-4-6-16-8-10-17(11-9-16)15(2)21-13-18(26(34)35-3)25(36-21)30-24(33)20-14-22(27)31-32(20)23-19(28)7-5-12-29-23/h5,7-15H,4,6H2,1-3H3,(H,30,33). The fraction of sp³-hybridized carbons (Fsp3) is 0.231. The van der Waals surface area contributed by atoms with Crippen LogP contribution in [0.4, 0.5) is 5.00 Å².